The SMILES string of the molecule is Cc1oc2c(c1CC(=O)Nc1nc(-c3cc(Cl)c(OCC(C)C)c(Cl)c3)cs1)c(=O)n(C)c(=O)n2C.Cc1oc2c(c1CC(=O)Nc1nc(-c3ccc(C(F)(F)F)c(F)c3F)cs1)c(=O)n(C)c(=O)n2C. The van der Waals surface area contributed by atoms with Gasteiger partial charge in [-0.3, -0.25) is 37.4 Å². The van der Waals surface area contributed by atoms with Crippen molar-refractivity contribution in [3.05, 3.63) is 127 Å². The lowest BCUT2D eigenvalue weighted by atomic mass is 10.1. The molecule has 8 rings (SSSR count). The van der Waals surface area contributed by atoms with Crippen LogP contribution >= 0.6 is 45.9 Å². The Morgan fingerprint density at radius 3 is 1.63 bits per heavy atom. The molecule has 0 fully saturated rings. The second-order valence-corrected chi connectivity index (χ2v) is 18.9. The first-order valence-corrected chi connectivity index (χ1v) is 23.3. The highest BCUT2D eigenvalue weighted by Crippen LogP contribution is 2.39. The van der Waals surface area contributed by atoms with Crippen molar-refractivity contribution in [3.63, 3.8) is 0 Å². The van der Waals surface area contributed by atoms with E-state index >= 15 is 0 Å². The predicted octanol–water partition coefficient (Wildman–Crippen LogP) is 8.53. The molecule has 0 aliphatic heterocycles. The van der Waals surface area contributed by atoms with Crippen molar-refractivity contribution in [2.24, 2.45) is 34.1 Å². The lowest BCUT2D eigenvalue weighted by Crippen LogP contribution is -2.36. The number of rotatable bonds is 11. The van der Waals surface area contributed by atoms with Gasteiger partial charge in [-0.25, -0.2) is 28.3 Å². The van der Waals surface area contributed by atoms with Crippen LogP contribution < -0.4 is 37.9 Å². The molecule has 374 valence electrons. The van der Waals surface area contributed by atoms with Gasteiger partial charge in [0.2, 0.25) is 23.2 Å². The van der Waals surface area contributed by atoms with Crippen molar-refractivity contribution < 1.29 is 45.1 Å². The summed E-state index contributed by atoms with van der Waals surface area (Å²) in [4.78, 5) is 83.4. The van der Waals surface area contributed by atoms with Crippen molar-refractivity contribution in [2.45, 2.75) is 46.7 Å². The van der Waals surface area contributed by atoms with Gasteiger partial charge in [-0.05, 0) is 44.0 Å². The molecule has 0 saturated heterocycles. The number of furan rings is 2. The number of halogens is 7. The lowest BCUT2D eigenvalue weighted by Gasteiger charge is -2.12. The molecule has 2 amide bonds. The van der Waals surface area contributed by atoms with Gasteiger partial charge in [-0.15, -0.1) is 22.7 Å². The largest absolute Gasteiger partial charge is 0.490 e. The Bertz CT molecular complexity index is 3670. The fourth-order valence-electron chi connectivity index (χ4n) is 7.23. The molecule has 6 aromatic heterocycles. The molecule has 0 spiro atoms. The van der Waals surface area contributed by atoms with Crippen molar-refractivity contribution in [3.8, 4) is 28.3 Å². The predicted molar refractivity (Wildman–Crippen MR) is 258 cm³/mol. The number of carbonyl (C=O) groups is 2. The van der Waals surface area contributed by atoms with Gasteiger partial charge in [0.1, 0.15) is 22.3 Å². The van der Waals surface area contributed by atoms with Crippen molar-refractivity contribution in [1.29, 1.82) is 0 Å². The van der Waals surface area contributed by atoms with E-state index in [4.69, 9.17) is 36.8 Å². The summed E-state index contributed by atoms with van der Waals surface area (Å²) in [6.07, 6.45) is -5.52. The third-order valence-electron chi connectivity index (χ3n) is 10.9. The van der Waals surface area contributed by atoms with E-state index in [-0.39, 0.29) is 63.1 Å². The smallest absolute Gasteiger partial charge is 0.419 e. The molecule has 0 unspecified atom stereocenters. The van der Waals surface area contributed by atoms with Crippen LogP contribution in [0, 0.1) is 31.4 Å². The zero-order valence-corrected chi connectivity index (χ0v) is 41.6. The van der Waals surface area contributed by atoms with Gasteiger partial charge in [-0.2, -0.15) is 13.2 Å². The Morgan fingerprint density at radius 2 is 1.18 bits per heavy atom. The van der Waals surface area contributed by atoms with Gasteiger partial charge < -0.3 is 24.2 Å². The molecule has 0 radical (unpaired) electrons. The molecule has 8 aromatic rings. The number of benzene rings is 2. The first-order chi connectivity index (χ1) is 33.3. The molecule has 26 heteroatoms. The number of fused-ring (bicyclic) bond motifs is 2. The van der Waals surface area contributed by atoms with Crippen LogP contribution in [0.3, 0.4) is 0 Å². The van der Waals surface area contributed by atoms with E-state index < -0.39 is 57.3 Å². The van der Waals surface area contributed by atoms with Crippen LogP contribution in [0.1, 0.15) is 42.1 Å². The molecular formula is C45H39Cl2F5N8O9S2. The van der Waals surface area contributed by atoms with Gasteiger partial charge in [0, 0.05) is 61.2 Å². The molecule has 6 heterocycles. The van der Waals surface area contributed by atoms with E-state index in [1.807, 2.05) is 13.8 Å². The summed E-state index contributed by atoms with van der Waals surface area (Å²) in [5.41, 5.74) is -2.61. The Hall–Kier alpha value is -6.89. The molecule has 0 saturated carbocycles. The van der Waals surface area contributed by atoms with Gasteiger partial charge in [0.25, 0.3) is 11.1 Å². The van der Waals surface area contributed by atoms with Crippen LogP contribution in [-0.2, 0) is 56.8 Å². The lowest BCUT2D eigenvalue weighted by molar-refractivity contribution is -0.140. The number of hydrogen-bond acceptors (Lipinski definition) is 13. The third-order valence-corrected chi connectivity index (χ3v) is 12.9. The monoisotopic (exact) mass is 1060 g/mol. The van der Waals surface area contributed by atoms with Crippen molar-refractivity contribution in [2.75, 3.05) is 17.2 Å². The Morgan fingerprint density at radius 1 is 0.732 bits per heavy atom. The Kier molecular flexibility index (Phi) is 14.7. The van der Waals surface area contributed by atoms with Crippen molar-refractivity contribution in [1.82, 2.24) is 28.2 Å². The Labute approximate surface area is 414 Å². The summed E-state index contributed by atoms with van der Waals surface area (Å²) >= 11 is 14.8. The number of carbonyl (C=O) groups excluding carboxylic acids is 2. The maximum absolute atomic E-state index is 14.3. The quantitative estimate of drug-likeness (QED) is 0.117. The average Bonchev–Trinajstić information content (AvgIpc) is 4.10. The second-order valence-electron chi connectivity index (χ2n) is 16.3. The van der Waals surface area contributed by atoms with Crippen LogP contribution in [0.4, 0.5) is 32.2 Å². The maximum atomic E-state index is 14.3. The third kappa shape index (κ3) is 10.3. The minimum atomic E-state index is -5.06. The first kappa shape index (κ1) is 51.9. The summed E-state index contributed by atoms with van der Waals surface area (Å²) < 4.78 is 87.6. The van der Waals surface area contributed by atoms with Crippen LogP contribution in [-0.4, -0.2) is 46.7 Å². The number of anilines is 2. The number of aryl methyl sites for hydroxylation is 4. The summed E-state index contributed by atoms with van der Waals surface area (Å²) in [6, 6.07) is 4.59. The topological polar surface area (TPSA) is 207 Å². The fraction of sp³-hybridized carbons (Fsp3) is 0.289. The highest BCUT2D eigenvalue weighted by atomic mass is 35.5. The van der Waals surface area contributed by atoms with Crippen LogP contribution in [0.5, 0.6) is 5.75 Å². The van der Waals surface area contributed by atoms with Gasteiger partial charge >= 0.3 is 17.6 Å². The number of aromatic nitrogens is 6. The summed E-state index contributed by atoms with van der Waals surface area (Å²) in [7, 11) is 5.60. The molecule has 17 nitrogen and oxygen atoms in total. The number of amides is 2. The molecule has 0 aliphatic carbocycles. The molecule has 0 bridgehead atoms. The standard InChI is InChI=1S/C24H24Cl2N4O5S.C21H15F5N4O4S/c1-11(2)9-34-20-15(25)6-13(7-16(20)26)17-10-36-23(27-17)28-18(31)8-14-12(3)35-22-19(14)21(32)29(4)24(33)30(22)5;1-8-10(14-17(32)29(2)20(33)30(3)18(14)34-8)6-13(31)28-19-27-12(7-35-19)9-4-5-11(21(24,25)26)16(23)15(9)22/h6-7,10-11H,8-9H2,1-5H3,(H,27,28,31);4-5,7H,6H2,1-3H3,(H,27,28,31). The van der Waals surface area contributed by atoms with E-state index in [0.29, 0.717) is 62.1 Å². The van der Waals surface area contributed by atoms with E-state index in [0.717, 1.165) is 31.1 Å². The molecule has 0 atom stereocenters. The zero-order valence-electron chi connectivity index (χ0n) is 38.5. The van der Waals surface area contributed by atoms with Gasteiger partial charge in [-0.1, -0.05) is 37.0 Å². The molecule has 0 aliphatic rings. The number of hydrogen-bond donors (Lipinski definition) is 2. The van der Waals surface area contributed by atoms with E-state index in [2.05, 4.69) is 20.6 Å². The number of thiazole rings is 2. The van der Waals surface area contributed by atoms with Gasteiger partial charge in [0.05, 0.1) is 46.4 Å². The number of nitrogens with one attached hydrogen (secondary N) is 2. The average molecular weight is 1070 g/mol. The number of alkyl halides is 3. The van der Waals surface area contributed by atoms with Crippen molar-refractivity contribution >= 4 is 90.2 Å². The van der Waals surface area contributed by atoms with Crippen LogP contribution in [0.2, 0.25) is 10.0 Å². The van der Waals surface area contributed by atoms with Crippen LogP contribution in [0.15, 0.2) is 63.0 Å². The van der Waals surface area contributed by atoms with Gasteiger partial charge in [0.15, 0.2) is 27.6 Å². The fourth-order valence-corrected chi connectivity index (χ4v) is 9.28. The molecule has 71 heavy (non-hydrogen) atoms. The second kappa shape index (κ2) is 20.1. The zero-order chi connectivity index (χ0) is 52.1. The highest BCUT2D eigenvalue weighted by molar-refractivity contribution is 7.14. The molecular weight excluding hydrogens is 1030 g/mol. The van der Waals surface area contributed by atoms with E-state index in [9.17, 15) is 50.7 Å². The van der Waals surface area contributed by atoms with E-state index in [1.54, 1.807) is 24.4 Å². The Balaban J connectivity index is 0.000000209. The molecule has 2 aromatic carbocycles. The maximum Gasteiger partial charge on any atom is 0.419 e. The normalized spacial score (nSPS) is 11.7. The summed E-state index contributed by atoms with van der Waals surface area (Å²) in [5.74, 6) is -3.40. The number of ether oxygens (including phenoxy) is 1. The van der Waals surface area contributed by atoms with Crippen LogP contribution in [0.25, 0.3) is 44.7 Å². The molecule has 2 N–H and O–H groups in total. The first-order valence-electron chi connectivity index (χ1n) is 20.8. The van der Waals surface area contributed by atoms with E-state index in [1.165, 1.54) is 56.4 Å². The highest BCUT2D eigenvalue weighted by Gasteiger charge is 2.36. The minimum absolute atomic E-state index is 0.00902. The summed E-state index contributed by atoms with van der Waals surface area (Å²) in [5, 5.41) is 9.56. The summed E-state index contributed by atoms with van der Waals surface area (Å²) in [6.45, 7) is 7.71. The minimum Gasteiger partial charge on any atom is -0.490 e. The number of nitrogens with zero attached hydrogens (tertiary/aromatic N) is 6.